The summed E-state index contributed by atoms with van der Waals surface area (Å²) in [6.07, 6.45) is 0. The number of hydrogen-bond donors (Lipinski definition) is 1. The third-order valence-electron chi connectivity index (χ3n) is 2.27. The molecule has 0 unspecified atom stereocenters. The number of benzene rings is 1. The van der Waals surface area contributed by atoms with Gasteiger partial charge in [-0.15, -0.1) is 11.8 Å². The molecular weight excluding hydrogens is 234 g/mol. The van der Waals surface area contributed by atoms with Crippen molar-refractivity contribution in [1.82, 2.24) is 4.98 Å². The molecule has 1 aromatic heterocycles. The van der Waals surface area contributed by atoms with E-state index in [0.717, 1.165) is 10.9 Å². The smallest absolute Gasteiger partial charge is 0.338 e. The van der Waals surface area contributed by atoms with Gasteiger partial charge in [0.1, 0.15) is 5.03 Å². The molecule has 4 heteroatoms. The minimum Gasteiger partial charge on any atom is -0.478 e. The van der Waals surface area contributed by atoms with Gasteiger partial charge in [-0.3, -0.25) is 0 Å². The van der Waals surface area contributed by atoms with Gasteiger partial charge >= 0.3 is 5.97 Å². The van der Waals surface area contributed by atoms with Crippen molar-refractivity contribution in [1.29, 1.82) is 0 Å². The van der Waals surface area contributed by atoms with E-state index in [1.807, 2.05) is 38.1 Å². The molecule has 0 amide bonds. The fourth-order valence-corrected chi connectivity index (χ4v) is 2.44. The molecule has 3 nitrogen and oxygen atoms in total. The Kier molecular flexibility index (Phi) is 3.33. The SMILES string of the molecule is CC(C)Sc1nc2ccccc2cc1C(=O)O. The minimum absolute atomic E-state index is 0.280. The Labute approximate surface area is 104 Å². The summed E-state index contributed by atoms with van der Waals surface area (Å²) in [5.41, 5.74) is 1.11. The molecule has 88 valence electrons. The highest BCUT2D eigenvalue weighted by molar-refractivity contribution is 7.99. The quantitative estimate of drug-likeness (QED) is 0.844. The molecule has 17 heavy (non-hydrogen) atoms. The number of pyridine rings is 1. The zero-order chi connectivity index (χ0) is 12.4. The molecule has 0 radical (unpaired) electrons. The summed E-state index contributed by atoms with van der Waals surface area (Å²) in [4.78, 5) is 15.6. The van der Waals surface area contributed by atoms with Crippen LogP contribution in [0.4, 0.5) is 0 Å². The normalized spacial score (nSPS) is 11.0. The summed E-state index contributed by atoms with van der Waals surface area (Å²) in [5, 5.41) is 10.9. The highest BCUT2D eigenvalue weighted by Gasteiger charge is 2.14. The van der Waals surface area contributed by atoms with E-state index in [9.17, 15) is 9.90 Å². The van der Waals surface area contributed by atoms with Gasteiger partial charge in [0.15, 0.2) is 0 Å². The van der Waals surface area contributed by atoms with Crippen molar-refractivity contribution >= 4 is 28.6 Å². The number of carboxylic acid groups (broad SMARTS) is 1. The second-order valence-corrected chi connectivity index (χ2v) is 5.57. The molecule has 0 saturated carbocycles. The van der Waals surface area contributed by atoms with Gasteiger partial charge in [-0.05, 0) is 12.1 Å². The standard InChI is InChI=1S/C13H13NO2S/c1-8(2)17-12-10(13(15)16)7-9-5-3-4-6-11(9)14-12/h3-8H,1-2H3,(H,15,16). The summed E-state index contributed by atoms with van der Waals surface area (Å²) in [7, 11) is 0. The Morgan fingerprint density at radius 2 is 2.06 bits per heavy atom. The summed E-state index contributed by atoms with van der Waals surface area (Å²) < 4.78 is 0. The molecule has 2 aromatic rings. The van der Waals surface area contributed by atoms with Crippen LogP contribution in [0.5, 0.6) is 0 Å². The predicted molar refractivity (Wildman–Crippen MR) is 69.7 cm³/mol. The third kappa shape index (κ3) is 2.58. The lowest BCUT2D eigenvalue weighted by Crippen LogP contribution is -2.03. The molecule has 1 aromatic carbocycles. The Balaban J connectivity index is 2.62. The third-order valence-corrected chi connectivity index (χ3v) is 3.27. The molecule has 2 rings (SSSR count). The van der Waals surface area contributed by atoms with Crippen LogP contribution in [0, 0.1) is 0 Å². The molecule has 1 N–H and O–H groups in total. The zero-order valence-corrected chi connectivity index (χ0v) is 10.5. The molecule has 0 aliphatic carbocycles. The van der Waals surface area contributed by atoms with Gasteiger partial charge in [0.25, 0.3) is 0 Å². The van der Waals surface area contributed by atoms with Crippen molar-refractivity contribution in [2.45, 2.75) is 24.1 Å². The zero-order valence-electron chi connectivity index (χ0n) is 9.68. The fraction of sp³-hybridized carbons (Fsp3) is 0.231. The lowest BCUT2D eigenvalue weighted by atomic mass is 10.1. The lowest BCUT2D eigenvalue weighted by Gasteiger charge is -2.09. The van der Waals surface area contributed by atoms with Crippen LogP contribution in [0.2, 0.25) is 0 Å². The average molecular weight is 247 g/mol. The summed E-state index contributed by atoms with van der Waals surface area (Å²) in [6, 6.07) is 9.24. The van der Waals surface area contributed by atoms with Gasteiger partial charge < -0.3 is 5.11 Å². The first kappa shape index (κ1) is 11.9. The topological polar surface area (TPSA) is 50.2 Å². The number of thioether (sulfide) groups is 1. The van der Waals surface area contributed by atoms with Gasteiger partial charge in [-0.2, -0.15) is 0 Å². The number of hydrogen-bond acceptors (Lipinski definition) is 3. The highest BCUT2D eigenvalue weighted by Crippen LogP contribution is 2.27. The first-order valence-electron chi connectivity index (χ1n) is 5.37. The number of aromatic nitrogens is 1. The number of rotatable bonds is 3. The first-order valence-corrected chi connectivity index (χ1v) is 6.25. The number of carbonyl (C=O) groups is 1. The van der Waals surface area contributed by atoms with Crippen LogP contribution in [0.1, 0.15) is 24.2 Å². The van der Waals surface area contributed by atoms with Crippen molar-refractivity contribution < 1.29 is 9.90 Å². The van der Waals surface area contributed by atoms with Crippen LogP contribution < -0.4 is 0 Å². The maximum absolute atomic E-state index is 11.2. The molecule has 1 heterocycles. The molecule has 0 aliphatic rings. The number of carboxylic acids is 1. The van der Waals surface area contributed by atoms with Crippen LogP contribution in [-0.4, -0.2) is 21.3 Å². The van der Waals surface area contributed by atoms with Crippen LogP contribution in [0.15, 0.2) is 35.4 Å². The Bertz CT molecular complexity index is 566. The lowest BCUT2D eigenvalue weighted by molar-refractivity contribution is 0.0692. The second kappa shape index (κ2) is 4.75. The van der Waals surface area contributed by atoms with Crippen molar-refractivity contribution in [2.75, 3.05) is 0 Å². The monoisotopic (exact) mass is 247 g/mol. The van der Waals surface area contributed by atoms with Gasteiger partial charge in [-0.1, -0.05) is 32.0 Å². The number of nitrogens with zero attached hydrogens (tertiary/aromatic N) is 1. The maximum atomic E-state index is 11.2. The molecule has 0 atom stereocenters. The molecule has 0 spiro atoms. The Hall–Kier alpha value is -1.55. The van der Waals surface area contributed by atoms with E-state index in [1.54, 1.807) is 6.07 Å². The fourth-order valence-electron chi connectivity index (χ4n) is 1.56. The largest absolute Gasteiger partial charge is 0.478 e. The van der Waals surface area contributed by atoms with E-state index in [0.29, 0.717) is 10.3 Å². The Morgan fingerprint density at radius 1 is 1.35 bits per heavy atom. The average Bonchev–Trinajstić information content (AvgIpc) is 2.27. The van der Waals surface area contributed by atoms with Crippen molar-refractivity contribution in [3.8, 4) is 0 Å². The van der Waals surface area contributed by atoms with Crippen LogP contribution in [-0.2, 0) is 0 Å². The van der Waals surface area contributed by atoms with Gasteiger partial charge in [-0.25, -0.2) is 9.78 Å². The molecule has 0 saturated heterocycles. The predicted octanol–water partition coefficient (Wildman–Crippen LogP) is 3.43. The van der Waals surface area contributed by atoms with Crippen molar-refractivity contribution in [2.24, 2.45) is 0 Å². The van der Waals surface area contributed by atoms with Gasteiger partial charge in [0.05, 0.1) is 11.1 Å². The van der Waals surface area contributed by atoms with Crippen molar-refractivity contribution in [3.63, 3.8) is 0 Å². The van der Waals surface area contributed by atoms with Gasteiger partial charge in [0.2, 0.25) is 0 Å². The summed E-state index contributed by atoms with van der Waals surface area (Å²) >= 11 is 1.48. The van der Waals surface area contributed by atoms with Crippen LogP contribution in [0.25, 0.3) is 10.9 Å². The first-order chi connectivity index (χ1) is 8.08. The van der Waals surface area contributed by atoms with Crippen LogP contribution >= 0.6 is 11.8 Å². The number of fused-ring (bicyclic) bond motifs is 1. The van der Waals surface area contributed by atoms with E-state index < -0.39 is 5.97 Å². The number of aromatic carboxylic acids is 1. The molecular formula is C13H13NO2S. The Morgan fingerprint density at radius 3 is 2.71 bits per heavy atom. The van der Waals surface area contributed by atoms with E-state index in [-0.39, 0.29) is 5.56 Å². The van der Waals surface area contributed by atoms with Crippen molar-refractivity contribution in [3.05, 3.63) is 35.9 Å². The molecule has 0 fully saturated rings. The summed E-state index contributed by atoms with van der Waals surface area (Å²) in [6.45, 7) is 4.04. The molecule has 0 bridgehead atoms. The molecule has 0 aliphatic heterocycles. The number of para-hydroxylation sites is 1. The van der Waals surface area contributed by atoms with E-state index in [1.165, 1.54) is 11.8 Å². The maximum Gasteiger partial charge on any atom is 0.338 e. The minimum atomic E-state index is -0.925. The van der Waals surface area contributed by atoms with Crippen LogP contribution in [0.3, 0.4) is 0 Å². The van der Waals surface area contributed by atoms with E-state index >= 15 is 0 Å². The summed E-state index contributed by atoms with van der Waals surface area (Å²) in [5.74, 6) is -0.925. The van der Waals surface area contributed by atoms with E-state index in [4.69, 9.17) is 0 Å². The second-order valence-electron chi connectivity index (χ2n) is 4.01. The van der Waals surface area contributed by atoms with Gasteiger partial charge in [0, 0.05) is 10.6 Å². The van der Waals surface area contributed by atoms with E-state index in [2.05, 4.69) is 4.98 Å². The highest BCUT2D eigenvalue weighted by atomic mass is 32.2.